The zero-order chi connectivity index (χ0) is 16.7. The number of hydrogen-bond donors (Lipinski definition) is 1. The van der Waals surface area contributed by atoms with Gasteiger partial charge in [-0.2, -0.15) is 0 Å². The molecule has 0 bridgehead atoms. The number of hydrogen-bond acceptors (Lipinski definition) is 3. The molecule has 0 atom stereocenters. The van der Waals surface area contributed by atoms with Gasteiger partial charge in [-0.15, -0.1) is 0 Å². The fraction of sp³-hybridized carbons (Fsp3) is 0.0588. The zero-order valence-electron chi connectivity index (χ0n) is 12.0. The quantitative estimate of drug-likeness (QED) is 0.671. The molecule has 0 aliphatic carbocycles. The van der Waals surface area contributed by atoms with Gasteiger partial charge in [0.05, 0.1) is 0 Å². The summed E-state index contributed by atoms with van der Waals surface area (Å²) in [5.74, 6) is -1.71. The van der Waals surface area contributed by atoms with Gasteiger partial charge < -0.3 is 10.1 Å². The molecule has 0 aromatic heterocycles. The molecule has 0 radical (unpaired) electrons. The Morgan fingerprint density at radius 1 is 1.17 bits per heavy atom. The SMILES string of the molecule is O=C(COC(=O)C=Cc1ccccc1Cl)Nc1cccc(F)c1. The molecule has 0 heterocycles. The van der Waals surface area contributed by atoms with Crippen molar-refractivity contribution in [3.05, 3.63) is 71.0 Å². The summed E-state index contributed by atoms with van der Waals surface area (Å²) in [6.45, 7) is -0.470. The molecule has 1 N–H and O–H groups in total. The molecular weight excluding hydrogens is 321 g/mol. The summed E-state index contributed by atoms with van der Waals surface area (Å²) in [7, 11) is 0. The van der Waals surface area contributed by atoms with Crippen LogP contribution in [0.5, 0.6) is 0 Å². The molecule has 2 aromatic rings. The Labute approximate surface area is 137 Å². The molecule has 4 nitrogen and oxygen atoms in total. The van der Waals surface area contributed by atoms with Crippen molar-refractivity contribution in [3.63, 3.8) is 0 Å². The molecular formula is C17H13ClFNO3. The third-order valence-corrected chi connectivity index (χ3v) is 3.10. The van der Waals surface area contributed by atoms with Gasteiger partial charge in [0, 0.05) is 16.8 Å². The summed E-state index contributed by atoms with van der Waals surface area (Å²) < 4.78 is 17.8. The maximum absolute atomic E-state index is 13.0. The van der Waals surface area contributed by atoms with Gasteiger partial charge >= 0.3 is 5.97 Å². The molecule has 0 unspecified atom stereocenters. The van der Waals surface area contributed by atoms with E-state index in [0.717, 1.165) is 6.07 Å². The van der Waals surface area contributed by atoms with Crippen LogP contribution in [0.3, 0.4) is 0 Å². The number of halogens is 2. The predicted molar refractivity (Wildman–Crippen MR) is 86.5 cm³/mol. The molecule has 23 heavy (non-hydrogen) atoms. The molecule has 1 amide bonds. The maximum Gasteiger partial charge on any atom is 0.331 e. The molecule has 0 aliphatic heterocycles. The standard InChI is InChI=1S/C17H13ClFNO3/c18-15-7-2-1-4-12(15)8-9-17(22)23-11-16(21)20-14-6-3-5-13(19)10-14/h1-10H,11H2,(H,20,21). The van der Waals surface area contributed by atoms with Crippen LogP contribution in [0, 0.1) is 5.82 Å². The van der Waals surface area contributed by atoms with Gasteiger partial charge in [0.1, 0.15) is 5.82 Å². The lowest BCUT2D eigenvalue weighted by Crippen LogP contribution is -2.20. The van der Waals surface area contributed by atoms with Gasteiger partial charge in [0.25, 0.3) is 5.91 Å². The number of anilines is 1. The summed E-state index contributed by atoms with van der Waals surface area (Å²) in [5.41, 5.74) is 0.952. The fourth-order valence-corrected chi connectivity index (χ4v) is 1.91. The molecule has 0 spiro atoms. The van der Waals surface area contributed by atoms with E-state index in [9.17, 15) is 14.0 Å². The minimum Gasteiger partial charge on any atom is -0.452 e. The van der Waals surface area contributed by atoms with E-state index in [0.29, 0.717) is 10.6 Å². The molecule has 0 aliphatic rings. The highest BCUT2D eigenvalue weighted by molar-refractivity contribution is 6.32. The minimum absolute atomic E-state index is 0.289. The zero-order valence-corrected chi connectivity index (χ0v) is 12.7. The lowest BCUT2D eigenvalue weighted by Gasteiger charge is -2.05. The normalized spacial score (nSPS) is 10.5. The van der Waals surface area contributed by atoms with Crippen molar-refractivity contribution in [1.82, 2.24) is 0 Å². The van der Waals surface area contributed by atoms with Crippen molar-refractivity contribution in [1.29, 1.82) is 0 Å². The number of amides is 1. The monoisotopic (exact) mass is 333 g/mol. The van der Waals surface area contributed by atoms with Gasteiger partial charge in [-0.1, -0.05) is 35.9 Å². The number of carbonyl (C=O) groups excluding carboxylic acids is 2. The summed E-state index contributed by atoms with van der Waals surface area (Å²) in [4.78, 5) is 23.1. The van der Waals surface area contributed by atoms with Gasteiger partial charge in [-0.05, 0) is 35.9 Å². The molecule has 2 rings (SSSR count). The van der Waals surface area contributed by atoms with Crippen molar-refractivity contribution < 1.29 is 18.7 Å². The Bertz CT molecular complexity index is 746. The van der Waals surface area contributed by atoms with Crippen LogP contribution in [0.4, 0.5) is 10.1 Å². The predicted octanol–water partition coefficient (Wildman–Crippen LogP) is 3.67. The van der Waals surface area contributed by atoms with Gasteiger partial charge in [-0.25, -0.2) is 9.18 Å². The smallest absolute Gasteiger partial charge is 0.331 e. The fourth-order valence-electron chi connectivity index (χ4n) is 1.72. The van der Waals surface area contributed by atoms with E-state index in [-0.39, 0.29) is 5.69 Å². The summed E-state index contributed by atoms with van der Waals surface area (Å²) in [6.07, 6.45) is 2.67. The summed E-state index contributed by atoms with van der Waals surface area (Å²) in [5, 5.41) is 2.92. The second-order valence-corrected chi connectivity index (χ2v) is 4.93. The number of rotatable bonds is 5. The van der Waals surface area contributed by atoms with Crippen molar-refractivity contribution in [3.8, 4) is 0 Å². The first-order valence-corrected chi connectivity index (χ1v) is 7.07. The third-order valence-electron chi connectivity index (χ3n) is 2.76. The van der Waals surface area contributed by atoms with Crippen LogP contribution >= 0.6 is 11.6 Å². The van der Waals surface area contributed by atoms with Crippen molar-refractivity contribution in [2.24, 2.45) is 0 Å². The Kier molecular flexibility index (Phi) is 5.88. The Morgan fingerprint density at radius 2 is 1.96 bits per heavy atom. The van der Waals surface area contributed by atoms with Crippen LogP contribution in [-0.4, -0.2) is 18.5 Å². The van der Waals surface area contributed by atoms with Crippen molar-refractivity contribution >= 4 is 35.2 Å². The number of carbonyl (C=O) groups is 2. The topological polar surface area (TPSA) is 55.4 Å². The van der Waals surface area contributed by atoms with Crippen LogP contribution < -0.4 is 5.32 Å². The lowest BCUT2D eigenvalue weighted by atomic mass is 10.2. The van der Waals surface area contributed by atoms with Gasteiger partial charge in [0.15, 0.2) is 6.61 Å². The molecule has 2 aromatic carbocycles. The van der Waals surface area contributed by atoms with Crippen LogP contribution in [0.2, 0.25) is 5.02 Å². The maximum atomic E-state index is 13.0. The average Bonchev–Trinajstić information content (AvgIpc) is 2.52. The van der Waals surface area contributed by atoms with Crippen molar-refractivity contribution in [2.75, 3.05) is 11.9 Å². The van der Waals surface area contributed by atoms with Crippen molar-refractivity contribution in [2.45, 2.75) is 0 Å². The lowest BCUT2D eigenvalue weighted by molar-refractivity contribution is -0.142. The highest BCUT2D eigenvalue weighted by Gasteiger charge is 2.06. The number of esters is 1. The van der Waals surface area contributed by atoms with Crippen LogP contribution in [0.1, 0.15) is 5.56 Å². The van der Waals surface area contributed by atoms with E-state index in [1.807, 2.05) is 0 Å². The molecule has 6 heteroatoms. The molecule has 0 saturated carbocycles. The van der Waals surface area contributed by atoms with E-state index < -0.39 is 24.3 Å². The van der Waals surface area contributed by atoms with E-state index in [1.165, 1.54) is 30.4 Å². The van der Waals surface area contributed by atoms with Crippen LogP contribution in [0.15, 0.2) is 54.6 Å². The first kappa shape index (κ1) is 16.7. The van der Waals surface area contributed by atoms with Gasteiger partial charge in [0.2, 0.25) is 0 Å². The number of ether oxygens (including phenoxy) is 1. The molecule has 0 saturated heterocycles. The van der Waals surface area contributed by atoms with E-state index >= 15 is 0 Å². The number of nitrogens with one attached hydrogen (secondary N) is 1. The highest BCUT2D eigenvalue weighted by Crippen LogP contribution is 2.16. The largest absolute Gasteiger partial charge is 0.452 e. The minimum atomic E-state index is -0.681. The van der Waals surface area contributed by atoms with Crippen LogP contribution in [0.25, 0.3) is 6.08 Å². The highest BCUT2D eigenvalue weighted by atomic mass is 35.5. The van der Waals surface area contributed by atoms with Crippen LogP contribution in [-0.2, 0) is 14.3 Å². The third kappa shape index (κ3) is 5.56. The van der Waals surface area contributed by atoms with E-state index in [4.69, 9.17) is 16.3 Å². The first-order valence-electron chi connectivity index (χ1n) is 6.69. The average molecular weight is 334 g/mol. The second-order valence-electron chi connectivity index (χ2n) is 4.52. The Balaban J connectivity index is 1.82. The van der Waals surface area contributed by atoms with E-state index in [1.54, 1.807) is 24.3 Å². The molecule has 0 fully saturated rings. The first-order chi connectivity index (χ1) is 11.0. The number of benzene rings is 2. The Morgan fingerprint density at radius 3 is 2.70 bits per heavy atom. The van der Waals surface area contributed by atoms with Gasteiger partial charge in [-0.3, -0.25) is 4.79 Å². The summed E-state index contributed by atoms with van der Waals surface area (Å²) in [6, 6.07) is 12.4. The molecule has 118 valence electrons. The summed E-state index contributed by atoms with van der Waals surface area (Å²) >= 11 is 5.94. The second kappa shape index (κ2) is 8.10. The Hall–Kier alpha value is -2.66. The van der Waals surface area contributed by atoms with E-state index in [2.05, 4.69) is 5.32 Å².